The van der Waals surface area contributed by atoms with Gasteiger partial charge in [0.25, 0.3) is 0 Å². The summed E-state index contributed by atoms with van der Waals surface area (Å²) < 4.78 is 19.5. The second-order valence-corrected chi connectivity index (χ2v) is 13.4. The van der Waals surface area contributed by atoms with Gasteiger partial charge in [0.05, 0.1) is 51.7 Å². The number of nitrogens with zero attached hydrogens (tertiary/aromatic N) is 2. The van der Waals surface area contributed by atoms with Crippen molar-refractivity contribution in [3.05, 3.63) is 99.8 Å². The van der Waals surface area contributed by atoms with E-state index in [0.29, 0.717) is 11.3 Å². The number of benzene rings is 3. The highest BCUT2D eigenvalue weighted by atomic mass is 35.5. The summed E-state index contributed by atoms with van der Waals surface area (Å²) in [6, 6.07) is 13.7. The maximum Gasteiger partial charge on any atom is 0.241 e. The number of hydrogen-bond donors (Lipinski definition) is 1. The number of allylic oxidation sites excluding steroid dienone is 2. The largest absolute Gasteiger partial charge is 0.503 e. The second kappa shape index (κ2) is 11.1. The van der Waals surface area contributed by atoms with Crippen LogP contribution in [0.4, 0.5) is 15.8 Å². The van der Waals surface area contributed by atoms with Gasteiger partial charge in [-0.25, -0.2) is 9.29 Å². The Morgan fingerprint density at radius 3 is 2.30 bits per heavy atom. The van der Waals surface area contributed by atoms with Crippen molar-refractivity contribution in [3.8, 4) is 11.5 Å². The number of ether oxygens (including phenoxy) is 1. The number of anilines is 2. The van der Waals surface area contributed by atoms with Crippen molar-refractivity contribution >= 4 is 64.3 Å². The summed E-state index contributed by atoms with van der Waals surface area (Å²) in [5.41, 5.74) is 1.25. The predicted octanol–water partition coefficient (Wildman–Crippen LogP) is 6.93. The first kappa shape index (κ1) is 31.1. The van der Waals surface area contributed by atoms with Crippen molar-refractivity contribution in [2.75, 3.05) is 16.9 Å². The SMILES string of the molecule is C=Cc1ccc(N2C(=O)C3CC=C4C(CC5C(=O)N(c6ccc(F)c(Cl)c6)C(=O)C5(C)C4c4cc(Cl)c(O)c(OC)c4)C3C2=O)cc1. The van der Waals surface area contributed by atoms with Crippen LogP contribution in [0, 0.1) is 34.9 Å². The lowest BCUT2D eigenvalue weighted by Gasteiger charge is -2.49. The maximum absolute atomic E-state index is 14.6. The standard InChI is InChI=1S/C36H29Cl2FN2O6/c1-4-17-5-7-19(8-6-17)40-32(43)22-11-10-21-23(29(22)34(40)45)16-24-33(44)41(20-9-12-27(39)25(37)15-20)35(46)36(24,2)30(21)18-13-26(38)31(42)28(14-18)47-3/h4-10,12-15,22-24,29-30,42H,1,11,16H2,2-3H3. The zero-order valence-corrected chi connectivity index (χ0v) is 26.9. The van der Waals surface area contributed by atoms with Crippen molar-refractivity contribution in [2.24, 2.45) is 29.1 Å². The number of imide groups is 2. The van der Waals surface area contributed by atoms with Gasteiger partial charge in [-0.15, -0.1) is 0 Å². The zero-order valence-electron chi connectivity index (χ0n) is 25.4. The van der Waals surface area contributed by atoms with E-state index in [1.165, 1.54) is 30.2 Å². The molecule has 3 fully saturated rings. The molecule has 1 N–H and O–H groups in total. The Morgan fingerprint density at radius 2 is 1.64 bits per heavy atom. The van der Waals surface area contributed by atoms with Gasteiger partial charge in [0, 0.05) is 5.92 Å². The molecule has 7 rings (SSSR count). The maximum atomic E-state index is 14.6. The van der Waals surface area contributed by atoms with Crippen LogP contribution in [0.25, 0.3) is 6.08 Å². The van der Waals surface area contributed by atoms with Gasteiger partial charge in [-0.1, -0.05) is 59.6 Å². The molecule has 0 radical (unpaired) electrons. The minimum atomic E-state index is -1.38. The van der Waals surface area contributed by atoms with E-state index in [1.54, 1.807) is 43.3 Å². The molecule has 4 aliphatic rings. The van der Waals surface area contributed by atoms with Gasteiger partial charge in [0.15, 0.2) is 11.5 Å². The molecule has 0 spiro atoms. The normalized spacial score (nSPS) is 28.2. The van der Waals surface area contributed by atoms with E-state index < -0.39 is 52.6 Å². The average molecular weight is 676 g/mol. The smallest absolute Gasteiger partial charge is 0.241 e. The third-order valence-corrected chi connectivity index (χ3v) is 11.0. The molecular formula is C36H29Cl2FN2O6. The molecule has 240 valence electrons. The molecule has 2 saturated heterocycles. The van der Waals surface area contributed by atoms with Gasteiger partial charge >= 0.3 is 0 Å². The number of carbonyl (C=O) groups excluding carboxylic acids is 4. The molecule has 3 aromatic rings. The Hall–Kier alpha value is -4.47. The Kier molecular flexibility index (Phi) is 7.33. The van der Waals surface area contributed by atoms with Crippen LogP contribution in [-0.2, 0) is 19.2 Å². The summed E-state index contributed by atoms with van der Waals surface area (Å²) in [6.07, 6.45) is 3.96. The fraction of sp³-hybridized carbons (Fsp3) is 0.278. The molecule has 47 heavy (non-hydrogen) atoms. The number of phenolic OH excluding ortho intramolecular Hbond substituents is 1. The van der Waals surface area contributed by atoms with Crippen molar-refractivity contribution in [1.82, 2.24) is 0 Å². The summed E-state index contributed by atoms with van der Waals surface area (Å²) in [5, 5.41) is 10.3. The summed E-state index contributed by atoms with van der Waals surface area (Å²) in [7, 11) is 1.37. The van der Waals surface area contributed by atoms with Crippen LogP contribution in [0.3, 0.4) is 0 Å². The lowest BCUT2D eigenvalue weighted by Crippen LogP contribution is -2.48. The van der Waals surface area contributed by atoms with Crippen LogP contribution in [0.2, 0.25) is 10.0 Å². The molecule has 11 heteroatoms. The van der Waals surface area contributed by atoms with Crippen LogP contribution < -0.4 is 14.5 Å². The molecule has 0 aromatic heterocycles. The molecule has 2 aliphatic heterocycles. The lowest BCUT2D eigenvalue weighted by atomic mass is 9.51. The number of fused-ring (bicyclic) bond motifs is 4. The second-order valence-electron chi connectivity index (χ2n) is 12.6. The van der Waals surface area contributed by atoms with Gasteiger partial charge in [0.1, 0.15) is 5.82 Å². The zero-order chi connectivity index (χ0) is 33.5. The lowest BCUT2D eigenvalue weighted by molar-refractivity contribution is -0.131. The van der Waals surface area contributed by atoms with Crippen molar-refractivity contribution in [2.45, 2.75) is 25.7 Å². The van der Waals surface area contributed by atoms with Crippen LogP contribution in [0.15, 0.2) is 72.8 Å². The van der Waals surface area contributed by atoms with Crippen LogP contribution in [-0.4, -0.2) is 35.8 Å². The molecule has 4 amide bonds. The first-order valence-corrected chi connectivity index (χ1v) is 15.9. The molecular weight excluding hydrogens is 646 g/mol. The van der Waals surface area contributed by atoms with E-state index >= 15 is 0 Å². The first-order chi connectivity index (χ1) is 22.4. The van der Waals surface area contributed by atoms with E-state index in [0.717, 1.165) is 22.1 Å². The van der Waals surface area contributed by atoms with Crippen molar-refractivity contribution in [1.29, 1.82) is 0 Å². The van der Waals surface area contributed by atoms with E-state index in [-0.39, 0.29) is 51.9 Å². The average Bonchev–Trinajstić information content (AvgIpc) is 3.43. The van der Waals surface area contributed by atoms with Crippen molar-refractivity contribution in [3.63, 3.8) is 0 Å². The van der Waals surface area contributed by atoms with Gasteiger partial charge in [-0.2, -0.15) is 0 Å². The molecule has 3 aromatic carbocycles. The minimum Gasteiger partial charge on any atom is -0.503 e. The third kappa shape index (κ3) is 4.39. The summed E-state index contributed by atoms with van der Waals surface area (Å²) >= 11 is 12.5. The number of halogens is 3. The molecule has 1 saturated carbocycles. The highest BCUT2D eigenvalue weighted by molar-refractivity contribution is 6.32. The summed E-state index contributed by atoms with van der Waals surface area (Å²) in [4.78, 5) is 59.2. The van der Waals surface area contributed by atoms with Crippen molar-refractivity contribution < 1.29 is 33.4 Å². The molecule has 6 unspecified atom stereocenters. The van der Waals surface area contributed by atoms with E-state index in [1.807, 2.05) is 6.08 Å². The molecule has 2 aliphatic carbocycles. The number of hydrogen-bond acceptors (Lipinski definition) is 6. The molecule has 8 nitrogen and oxygen atoms in total. The Balaban J connectivity index is 1.38. The molecule has 2 heterocycles. The molecule has 0 bridgehead atoms. The number of phenols is 1. The summed E-state index contributed by atoms with van der Waals surface area (Å²) in [5.74, 6) is -6.36. The monoisotopic (exact) mass is 674 g/mol. The van der Waals surface area contributed by atoms with Gasteiger partial charge in [0.2, 0.25) is 23.6 Å². The van der Waals surface area contributed by atoms with Gasteiger partial charge < -0.3 is 9.84 Å². The quantitative estimate of drug-likeness (QED) is 0.233. The number of rotatable bonds is 5. The Labute approximate surface area is 280 Å². The fourth-order valence-corrected chi connectivity index (χ4v) is 8.59. The van der Waals surface area contributed by atoms with E-state index in [9.17, 15) is 28.7 Å². The van der Waals surface area contributed by atoms with E-state index in [4.69, 9.17) is 27.9 Å². The predicted molar refractivity (Wildman–Crippen MR) is 175 cm³/mol. The first-order valence-electron chi connectivity index (χ1n) is 15.1. The van der Waals surface area contributed by atoms with Gasteiger partial charge in [-0.3, -0.25) is 24.1 Å². The topological polar surface area (TPSA) is 104 Å². The van der Waals surface area contributed by atoms with Crippen LogP contribution >= 0.6 is 23.2 Å². The highest BCUT2D eigenvalue weighted by Gasteiger charge is 2.67. The Bertz CT molecular complexity index is 1940. The fourth-order valence-electron chi connectivity index (χ4n) is 8.20. The molecule has 6 atom stereocenters. The highest BCUT2D eigenvalue weighted by Crippen LogP contribution is 2.64. The Morgan fingerprint density at radius 1 is 0.936 bits per heavy atom. The number of methoxy groups -OCH3 is 1. The van der Waals surface area contributed by atoms with Gasteiger partial charge in [-0.05, 0) is 79.3 Å². The number of amides is 4. The minimum absolute atomic E-state index is 0.0175. The third-order valence-electron chi connectivity index (χ3n) is 10.4. The number of carbonyl (C=O) groups is 4. The van der Waals surface area contributed by atoms with E-state index in [2.05, 4.69) is 6.58 Å². The number of aromatic hydroxyl groups is 1. The van der Waals surface area contributed by atoms with Crippen LogP contribution in [0.5, 0.6) is 11.5 Å². The summed E-state index contributed by atoms with van der Waals surface area (Å²) in [6.45, 7) is 5.47. The van der Waals surface area contributed by atoms with Crippen LogP contribution in [0.1, 0.15) is 36.8 Å².